The Labute approximate surface area is 246 Å². The van der Waals surface area contributed by atoms with Gasteiger partial charge >= 0.3 is 0 Å². The van der Waals surface area contributed by atoms with Crippen molar-refractivity contribution in [2.45, 2.75) is 52.6 Å². The minimum absolute atomic E-state index is 0.369. The van der Waals surface area contributed by atoms with E-state index in [1.165, 1.54) is 36.2 Å². The van der Waals surface area contributed by atoms with E-state index in [9.17, 15) is 0 Å². The Balaban J connectivity index is 1.19. The number of aryl methyl sites for hydroxylation is 1. The summed E-state index contributed by atoms with van der Waals surface area (Å²) in [6, 6.07) is 11.5. The number of pyridine rings is 1. The van der Waals surface area contributed by atoms with Gasteiger partial charge in [0.1, 0.15) is 29.3 Å². The molecule has 3 aromatic heterocycles. The second kappa shape index (κ2) is 14.2. The number of fused-ring (bicyclic) bond motifs is 3. The lowest BCUT2D eigenvalue weighted by Crippen LogP contribution is -2.33. The van der Waals surface area contributed by atoms with Crippen LogP contribution in [0.15, 0.2) is 48.9 Å². The van der Waals surface area contributed by atoms with Gasteiger partial charge in [-0.15, -0.1) is 11.3 Å². The Morgan fingerprint density at radius 3 is 2.83 bits per heavy atom. The molecule has 0 spiro atoms. The van der Waals surface area contributed by atoms with Gasteiger partial charge in [-0.05, 0) is 93.6 Å². The third kappa shape index (κ3) is 7.29. The first kappa shape index (κ1) is 28.7. The molecule has 1 atom stereocenters. The highest BCUT2D eigenvalue weighted by molar-refractivity contribution is 7.19. The van der Waals surface area contributed by atoms with Crippen molar-refractivity contribution in [3.63, 3.8) is 0 Å². The molecule has 1 unspecified atom stereocenters. The minimum atomic E-state index is 0.369. The topological polar surface area (TPSA) is 75.2 Å². The van der Waals surface area contributed by atoms with Crippen LogP contribution in [0.25, 0.3) is 10.2 Å². The van der Waals surface area contributed by atoms with Gasteiger partial charge in [0, 0.05) is 29.9 Å². The molecule has 7 nitrogen and oxygen atoms in total. The number of nitrogens with one attached hydrogen (secondary N) is 2. The van der Waals surface area contributed by atoms with E-state index >= 15 is 0 Å². The Bertz CT molecular complexity index is 1380. The van der Waals surface area contributed by atoms with E-state index in [2.05, 4.69) is 44.3 Å². The van der Waals surface area contributed by atoms with Crippen LogP contribution in [0.3, 0.4) is 0 Å². The Morgan fingerprint density at radius 1 is 1.10 bits per heavy atom. The highest BCUT2D eigenvalue weighted by atomic mass is 35.5. The molecule has 1 aliphatic carbocycles. The van der Waals surface area contributed by atoms with Crippen LogP contribution in [0.5, 0.6) is 5.75 Å². The normalized spacial score (nSPS) is 14.9. The fourth-order valence-electron chi connectivity index (χ4n) is 5.40. The maximum atomic E-state index is 6.57. The summed E-state index contributed by atoms with van der Waals surface area (Å²) in [6.45, 7) is 10.5. The van der Waals surface area contributed by atoms with Crippen molar-refractivity contribution in [1.29, 1.82) is 0 Å². The van der Waals surface area contributed by atoms with Crippen molar-refractivity contribution in [3.8, 4) is 5.75 Å². The molecule has 0 saturated heterocycles. The molecular weight excluding hydrogens is 540 g/mol. The molecule has 0 fully saturated rings. The first-order valence-corrected chi connectivity index (χ1v) is 15.6. The summed E-state index contributed by atoms with van der Waals surface area (Å²) < 4.78 is 5.88. The number of halogens is 1. The molecule has 212 valence electrons. The number of aromatic nitrogens is 3. The number of ether oxygens (including phenoxy) is 1. The van der Waals surface area contributed by atoms with E-state index in [0.29, 0.717) is 23.3 Å². The van der Waals surface area contributed by atoms with Gasteiger partial charge in [0.2, 0.25) is 0 Å². The van der Waals surface area contributed by atoms with Crippen molar-refractivity contribution in [1.82, 2.24) is 25.2 Å². The average Bonchev–Trinajstić information content (AvgIpc) is 3.35. The summed E-state index contributed by atoms with van der Waals surface area (Å²) in [5, 5.41) is 8.87. The minimum Gasteiger partial charge on any atom is -0.486 e. The SMILES string of the molecule is CCCN(CC)CCNCCC1CCc2c(sc3ncnc(Nc4ccc(OCc5ccccn5)c(Cl)c4)c23)C1. The van der Waals surface area contributed by atoms with E-state index in [0.717, 1.165) is 66.4 Å². The van der Waals surface area contributed by atoms with Crippen LogP contribution in [-0.4, -0.2) is 52.6 Å². The van der Waals surface area contributed by atoms with Gasteiger partial charge in [0.15, 0.2) is 0 Å². The number of rotatable bonds is 14. The first-order chi connectivity index (χ1) is 19.6. The number of likely N-dealkylation sites (N-methyl/N-ethyl adjacent to an activating group) is 1. The molecule has 40 heavy (non-hydrogen) atoms. The van der Waals surface area contributed by atoms with Gasteiger partial charge in [0.25, 0.3) is 0 Å². The third-order valence-corrected chi connectivity index (χ3v) is 9.02. The standard InChI is InChI=1S/C31H39ClN6OS/c1-3-16-38(4-2)17-15-33-14-12-22-8-10-25-28(18-22)40-31-29(25)30(35-21-36-31)37-23-9-11-27(26(32)19-23)39-20-24-7-5-6-13-34-24/h5-7,9,11,13,19,21-22,33H,3-4,8,10,12,14-18,20H2,1-2H3,(H,35,36,37). The van der Waals surface area contributed by atoms with Crippen LogP contribution in [0, 0.1) is 5.92 Å². The largest absolute Gasteiger partial charge is 0.486 e. The Morgan fingerprint density at radius 2 is 2.02 bits per heavy atom. The molecule has 0 saturated carbocycles. The van der Waals surface area contributed by atoms with E-state index in [-0.39, 0.29) is 0 Å². The smallest absolute Gasteiger partial charge is 0.142 e. The van der Waals surface area contributed by atoms with Crippen LogP contribution in [0.4, 0.5) is 11.5 Å². The number of hydrogen-bond donors (Lipinski definition) is 2. The lowest BCUT2D eigenvalue weighted by Gasteiger charge is -2.23. The van der Waals surface area contributed by atoms with Crippen molar-refractivity contribution >= 4 is 44.7 Å². The molecule has 1 aromatic carbocycles. The van der Waals surface area contributed by atoms with Crippen molar-refractivity contribution in [2.24, 2.45) is 5.92 Å². The fraction of sp³-hybridized carbons (Fsp3) is 0.452. The lowest BCUT2D eigenvalue weighted by atomic mass is 9.86. The molecule has 3 heterocycles. The summed E-state index contributed by atoms with van der Waals surface area (Å²) in [4.78, 5) is 18.6. The Kier molecular flexibility index (Phi) is 10.2. The molecule has 1 aliphatic rings. The number of thiophene rings is 1. The van der Waals surface area contributed by atoms with Gasteiger partial charge < -0.3 is 20.3 Å². The van der Waals surface area contributed by atoms with Crippen molar-refractivity contribution < 1.29 is 4.74 Å². The molecule has 0 radical (unpaired) electrons. The van der Waals surface area contributed by atoms with E-state index < -0.39 is 0 Å². The van der Waals surface area contributed by atoms with Gasteiger partial charge in [-0.2, -0.15) is 0 Å². The lowest BCUT2D eigenvalue weighted by molar-refractivity contribution is 0.286. The number of benzene rings is 1. The molecule has 0 amide bonds. The van der Waals surface area contributed by atoms with Gasteiger partial charge in [-0.3, -0.25) is 4.98 Å². The highest BCUT2D eigenvalue weighted by Gasteiger charge is 2.25. The van der Waals surface area contributed by atoms with E-state index in [4.69, 9.17) is 16.3 Å². The monoisotopic (exact) mass is 578 g/mol. The first-order valence-electron chi connectivity index (χ1n) is 14.4. The molecule has 0 bridgehead atoms. The average molecular weight is 579 g/mol. The van der Waals surface area contributed by atoms with Crippen LogP contribution < -0.4 is 15.4 Å². The van der Waals surface area contributed by atoms with E-state index in [1.54, 1.807) is 12.5 Å². The van der Waals surface area contributed by atoms with Crippen LogP contribution in [0.1, 0.15) is 49.2 Å². The zero-order valence-electron chi connectivity index (χ0n) is 23.5. The summed E-state index contributed by atoms with van der Waals surface area (Å²) in [7, 11) is 0. The Hall–Kier alpha value is -2.78. The second-order valence-corrected chi connectivity index (χ2v) is 11.9. The van der Waals surface area contributed by atoms with Gasteiger partial charge in [0.05, 0.1) is 16.1 Å². The molecule has 5 rings (SSSR count). The predicted octanol–water partition coefficient (Wildman–Crippen LogP) is 6.88. The van der Waals surface area contributed by atoms with Crippen LogP contribution in [0.2, 0.25) is 5.02 Å². The van der Waals surface area contributed by atoms with Crippen LogP contribution in [-0.2, 0) is 19.4 Å². The molecule has 2 N–H and O–H groups in total. The predicted molar refractivity (Wildman–Crippen MR) is 166 cm³/mol. The second-order valence-electron chi connectivity index (χ2n) is 10.4. The van der Waals surface area contributed by atoms with Gasteiger partial charge in [-0.1, -0.05) is 31.5 Å². The highest BCUT2D eigenvalue weighted by Crippen LogP contribution is 2.41. The van der Waals surface area contributed by atoms with Crippen molar-refractivity contribution in [3.05, 3.63) is 70.1 Å². The molecule has 4 aromatic rings. The van der Waals surface area contributed by atoms with E-state index in [1.807, 2.05) is 47.7 Å². The third-order valence-electron chi connectivity index (χ3n) is 7.56. The molecule has 0 aliphatic heterocycles. The maximum absolute atomic E-state index is 6.57. The van der Waals surface area contributed by atoms with Crippen molar-refractivity contribution in [2.75, 3.05) is 38.0 Å². The zero-order valence-corrected chi connectivity index (χ0v) is 25.0. The fourth-order valence-corrected chi connectivity index (χ4v) is 6.94. The number of hydrogen-bond acceptors (Lipinski definition) is 8. The summed E-state index contributed by atoms with van der Waals surface area (Å²) >= 11 is 8.39. The van der Waals surface area contributed by atoms with Crippen LogP contribution >= 0.6 is 22.9 Å². The quantitative estimate of drug-likeness (QED) is 0.158. The molecular formula is C31H39ClN6OS. The summed E-state index contributed by atoms with van der Waals surface area (Å²) in [5.74, 6) is 2.18. The molecule has 9 heteroatoms. The van der Waals surface area contributed by atoms with Gasteiger partial charge in [-0.25, -0.2) is 9.97 Å². The summed E-state index contributed by atoms with van der Waals surface area (Å²) in [5.41, 5.74) is 3.14. The zero-order chi connectivity index (χ0) is 27.7. The summed E-state index contributed by atoms with van der Waals surface area (Å²) in [6.07, 6.45) is 9.26. The number of anilines is 2. The maximum Gasteiger partial charge on any atom is 0.142 e. The number of nitrogens with zero attached hydrogens (tertiary/aromatic N) is 4.